The first-order valence-electron chi connectivity index (χ1n) is 3.58. The molecule has 0 rings (SSSR count). The van der Waals surface area contributed by atoms with Gasteiger partial charge in [-0.3, -0.25) is 0 Å². The van der Waals surface area contributed by atoms with Gasteiger partial charge in [0.2, 0.25) is 4.93 Å². The molecule has 3 unspecified atom stereocenters. The third-order valence-electron chi connectivity index (χ3n) is 1.63. The molecule has 14 heavy (non-hydrogen) atoms. The van der Waals surface area contributed by atoms with Gasteiger partial charge in [-0.1, -0.05) is 0 Å². The largest absolute Gasteiger partial charge is 0.478 e. The van der Waals surface area contributed by atoms with Gasteiger partial charge in [0.05, 0.1) is 6.61 Å². The molecule has 8 heteroatoms. The first-order chi connectivity index (χ1) is 6.25. The van der Waals surface area contributed by atoms with Gasteiger partial charge in [-0.05, 0) is 0 Å². The van der Waals surface area contributed by atoms with Gasteiger partial charge in [0.25, 0.3) is 0 Å². The van der Waals surface area contributed by atoms with Gasteiger partial charge >= 0.3 is 5.97 Å². The summed E-state index contributed by atoms with van der Waals surface area (Å²) in [6.07, 6.45) is -6.01. The van der Waals surface area contributed by atoms with Crippen molar-refractivity contribution in [3.8, 4) is 0 Å². The van der Waals surface area contributed by atoms with E-state index in [0.717, 1.165) is 0 Å². The molecule has 0 saturated carbocycles. The van der Waals surface area contributed by atoms with E-state index in [2.05, 4.69) is 12.6 Å². The zero-order chi connectivity index (χ0) is 11.5. The first-order valence-corrected chi connectivity index (χ1v) is 4.03. The van der Waals surface area contributed by atoms with Crippen molar-refractivity contribution < 1.29 is 35.4 Å². The Morgan fingerprint density at radius 1 is 1.36 bits per heavy atom. The van der Waals surface area contributed by atoms with Crippen molar-refractivity contribution in [2.24, 2.45) is 0 Å². The van der Waals surface area contributed by atoms with Crippen LogP contribution in [0.25, 0.3) is 0 Å². The van der Waals surface area contributed by atoms with Crippen molar-refractivity contribution in [2.75, 3.05) is 6.61 Å². The Balaban J connectivity index is 4.60. The number of aliphatic carboxylic acids is 1. The summed E-state index contributed by atoms with van der Waals surface area (Å²) in [6.45, 7) is -0.887. The second-order valence-electron chi connectivity index (χ2n) is 2.72. The van der Waals surface area contributed by atoms with E-state index in [0.29, 0.717) is 0 Å². The van der Waals surface area contributed by atoms with E-state index in [4.69, 9.17) is 30.6 Å². The van der Waals surface area contributed by atoms with Crippen LogP contribution in [0.1, 0.15) is 0 Å². The molecule has 0 aromatic rings. The van der Waals surface area contributed by atoms with Crippen LogP contribution in [0, 0.1) is 0 Å². The Hall–Kier alpha value is -0.380. The molecule has 0 fully saturated rings. The number of thiol groups is 1. The van der Waals surface area contributed by atoms with E-state index in [1.54, 1.807) is 0 Å². The number of hydrogen-bond donors (Lipinski definition) is 7. The lowest BCUT2D eigenvalue weighted by Gasteiger charge is -2.29. The van der Waals surface area contributed by atoms with Crippen LogP contribution in [-0.2, 0) is 4.79 Å². The van der Waals surface area contributed by atoms with E-state index in [1.165, 1.54) is 0 Å². The zero-order valence-electron chi connectivity index (χ0n) is 6.98. The molecule has 0 aliphatic carbocycles. The molecule has 0 heterocycles. The molecule has 0 aliphatic rings. The molecule has 6 N–H and O–H groups in total. The molecule has 84 valence electrons. The van der Waals surface area contributed by atoms with Gasteiger partial charge in [0.15, 0.2) is 0 Å². The van der Waals surface area contributed by atoms with Crippen LogP contribution in [0.2, 0.25) is 0 Å². The van der Waals surface area contributed by atoms with E-state index in [9.17, 15) is 4.79 Å². The maximum absolute atomic E-state index is 10.3. The zero-order valence-corrected chi connectivity index (χ0v) is 7.87. The fourth-order valence-electron chi connectivity index (χ4n) is 0.683. The lowest BCUT2D eigenvalue weighted by atomic mass is 10.0. The van der Waals surface area contributed by atoms with Gasteiger partial charge in [-0.2, -0.15) is 0 Å². The molecule has 0 spiro atoms. The topological polar surface area (TPSA) is 138 Å². The summed E-state index contributed by atoms with van der Waals surface area (Å²) in [5.74, 6) is -1.88. The maximum atomic E-state index is 10.3. The van der Waals surface area contributed by atoms with Crippen LogP contribution < -0.4 is 0 Å². The summed E-state index contributed by atoms with van der Waals surface area (Å²) in [4.78, 5) is 7.44. The fraction of sp³-hybridized carbons (Fsp3) is 0.833. The van der Waals surface area contributed by atoms with Crippen molar-refractivity contribution in [1.29, 1.82) is 0 Å². The summed E-state index contributed by atoms with van der Waals surface area (Å²) < 4.78 is 0. The van der Waals surface area contributed by atoms with Crippen molar-refractivity contribution in [1.82, 2.24) is 0 Å². The van der Waals surface area contributed by atoms with Crippen molar-refractivity contribution >= 4 is 18.6 Å². The fourth-order valence-corrected chi connectivity index (χ4v) is 0.836. The second-order valence-corrected chi connectivity index (χ2v) is 3.40. The second kappa shape index (κ2) is 4.91. The third-order valence-corrected chi connectivity index (χ3v) is 2.09. The summed E-state index contributed by atoms with van der Waals surface area (Å²) in [7, 11) is 0. The Morgan fingerprint density at radius 2 is 1.79 bits per heavy atom. The average molecular weight is 228 g/mol. The number of hydrogen-bond acceptors (Lipinski definition) is 7. The molecule has 0 aromatic carbocycles. The average Bonchev–Trinajstić information content (AvgIpc) is 2.13. The lowest BCUT2D eigenvalue weighted by Crippen LogP contribution is -2.54. The SMILES string of the molecule is O=C(O)[C@@](O)(S)C(O)C(O)C(O)CO. The van der Waals surface area contributed by atoms with Gasteiger partial charge in [-0.15, -0.1) is 12.6 Å². The predicted octanol–water partition coefficient (Wildman–Crippen LogP) is -3.24. The monoisotopic (exact) mass is 228 g/mol. The van der Waals surface area contributed by atoms with Gasteiger partial charge in [0.1, 0.15) is 18.3 Å². The van der Waals surface area contributed by atoms with Gasteiger partial charge in [-0.25, -0.2) is 4.79 Å². The minimum atomic E-state index is -2.89. The Morgan fingerprint density at radius 3 is 2.07 bits per heavy atom. The number of carboxylic acids is 1. The highest BCUT2D eigenvalue weighted by Gasteiger charge is 2.45. The number of rotatable bonds is 5. The number of carbonyl (C=O) groups is 1. The minimum Gasteiger partial charge on any atom is -0.478 e. The maximum Gasteiger partial charge on any atom is 0.349 e. The van der Waals surface area contributed by atoms with E-state index < -0.39 is 35.8 Å². The highest BCUT2D eigenvalue weighted by atomic mass is 32.1. The highest BCUT2D eigenvalue weighted by molar-refractivity contribution is 7.82. The summed E-state index contributed by atoms with van der Waals surface area (Å²) in [5.41, 5.74) is 0. The molecule has 0 amide bonds. The third kappa shape index (κ3) is 2.80. The van der Waals surface area contributed by atoms with Crippen LogP contribution in [0.3, 0.4) is 0 Å². The molecule has 0 aliphatic heterocycles. The smallest absolute Gasteiger partial charge is 0.349 e. The Kier molecular flexibility index (Phi) is 4.78. The van der Waals surface area contributed by atoms with Crippen LogP contribution in [-0.4, -0.2) is 66.5 Å². The molecule has 0 aromatic heterocycles. The first kappa shape index (κ1) is 13.6. The van der Waals surface area contributed by atoms with Crippen LogP contribution in [0.5, 0.6) is 0 Å². The van der Waals surface area contributed by atoms with Gasteiger partial charge in [0, 0.05) is 0 Å². The summed E-state index contributed by atoms with van der Waals surface area (Å²) in [6, 6.07) is 0. The Bertz CT molecular complexity index is 206. The highest BCUT2D eigenvalue weighted by Crippen LogP contribution is 2.20. The van der Waals surface area contributed by atoms with Crippen molar-refractivity contribution in [3.63, 3.8) is 0 Å². The summed E-state index contributed by atoms with van der Waals surface area (Å²) in [5, 5.41) is 52.8. The molecule has 0 radical (unpaired) electrons. The van der Waals surface area contributed by atoms with Gasteiger partial charge < -0.3 is 30.6 Å². The van der Waals surface area contributed by atoms with Crippen LogP contribution >= 0.6 is 12.6 Å². The quantitative estimate of drug-likeness (QED) is 0.194. The molecule has 0 saturated heterocycles. The lowest BCUT2D eigenvalue weighted by molar-refractivity contribution is -0.170. The van der Waals surface area contributed by atoms with E-state index in [1.807, 2.05) is 0 Å². The number of carboxylic acid groups (broad SMARTS) is 1. The molecular weight excluding hydrogens is 216 g/mol. The summed E-state index contributed by atoms with van der Waals surface area (Å²) >= 11 is 3.20. The van der Waals surface area contributed by atoms with Crippen molar-refractivity contribution in [3.05, 3.63) is 0 Å². The number of aliphatic hydroxyl groups is 5. The molecule has 7 nitrogen and oxygen atoms in total. The van der Waals surface area contributed by atoms with Crippen LogP contribution in [0.4, 0.5) is 0 Å². The van der Waals surface area contributed by atoms with Crippen molar-refractivity contribution in [2.45, 2.75) is 23.2 Å². The molecular formula is C6H12O7S. The van der Waals surface area contributed by atoms with E-state index in [-0.39, 0.29) is 0 Å². The van der Waals surface area contributed by atoms with E-state index >= 15 is 0 Å². The molecule has 0 bridgehead atoms. The molecule has 4 atom stereocenters. The predicted molar refractivity (Wildman–Crippen MR) is 46.7 cm³/mol. The number of aliphatic hydroxyl groups excluding tert-OH is 4. The van der Waals surface area contributed by atoms with Crippen LogP contribution in [0.15, 0.2) is 0 Å². The minimum absolute atomic E-state index is 0.887. The normalized spacial score (nSPS) is 22.1. The standard InChI is InChI=1S/C6H12O7S/c7-1-2(8)3(9)4(10)6(13,14)5(11)12/h2-4,7-10,13-14H,1H2,(H,11,12)/t2?,3?,4?,6-/m0/s1. The Labute approximate surface area is 84.6 Å².